The van der Waals surface area contributed by atoms with Crippen LogP contribution in [0, 0.1) is 0 Å². The zero-order valence-corrected chi connectivity index (χ0v) is 16.6. The lowest BCUT2D eigenvalue weighted by atomic mass is 10.0. The van der Waals surface area contributed by atoms with Crippen LogP contribution in [0.5, 0.6) is 0 Å². The molecule has 2 N–H and O–H groups in total. The Labute approximate surface area is 173 Å². The molecule has 0 saturated carbocycles. The molecule has 0 aliphatic carbocycles. The van der Waals surface area contributed by atoms with E-state index in [4.69, 9.17) is 0 Å². The van der Waals surface area contributed by atoms with Crippen LogP contribution in [0.1, 0.15) is 51.7 Å². The van der Waals surface area contributed by atoms with E-state index < -0.39 is 23.6 Å². The number of aromatic nitrogens is 3. The van der Waals surface area contributed by atoms with Crippen molar-refractivity contribution in [3.8, 4) is 0 Å². The van der Waals surface area contributed by atoms with Gasteiger partial charge in [0.15, 0.2) is 5.69 Å². The summed E-state index contributed by atoms with van der Waals surface area (Å²) in [6.45, 7) is 4.03. The normalized spacial score (nSPS) is 11.4. The second-order valence-electron chi connectivity index (χ2n) is 6.60. The summed E-state index contributed by atoms with van der Waals surface area (Å²) in [4.78, 5) is 28.4. The number of benzene rings is 1. The lowest BCUT2D eigenvalue weighted by molar-refractivity contribution is -0.137. The van der Waals surface area contributed by atoms with Gasteiger partial charge in [-0.25, -0.2) is 0 Å². The first-order valence-corrected chi connectivity index (χ1v) is 9.49. The number of carbonyl (C=O) groups is 2. The maximum Gasteiger partial charge on any atom is 0.417 e. The van der Waals surface area contributed by atoms with Crippen LogP contribution in [0.25, 0.3) is 0 Å². The molecule has 11 heteroatoms. The molecular weight excluding hydrogens is 419 g/mol. The molecule has 0 radical (unpaired) electrons. The van der Waals surface area contributed by atoms with Gasteiger partial charge in [0.2, 0.25) is 0 Å². The Morgan fingerprint density at radius 1 is 1.07 bits per heavy atom. The van der Waals surface area contributed by atoms with Crippen LogP contribution < -0.4 is 10.6 Å². The van der Waals surface area contributed by atoms with Crippen molar-refractivity contribution in [2.45, 2.75) is 25.9 Å². The molecule has 0 aliphatic rings. The van der Waals surface area contributed by atoms with Crippen molar-refractivity contribution in [1.82, 2.24) is 14.6 Å². The predicted octanol–water partition coefficient (Wildman–Crippen LogP) is 4.58. The molecule has 0 atom stereocenters. The molecule has 2 aromatic heterocycles. The number of rotatable bonds is 5. The first-order chi connectivity index (χ1) is 14.1. The first-order valence-electron chi connectivity index (χ1n) is 8.72. The van der Waals surface area contributed by atoms with Gasteiger partial charge in [-0.05, 0) is 29.7 Å². The first kappa shape index (κ1) is 21.4. The van der Waals surface area contributed by atoms with Crippen LogP contribution in [-0.2, 0) is 6.18 Å². The zero-order valence-electron chi connectivity index (χ0n) is 15.8. The lowest BCUT2D eigenvalue weighted by Crippen LogP contribution is -2.18. The highest BCUT2D eigenvalue weighted by atomic mass is 32.1. The summed E-state index contributed by atoms with van der Waals surface area (Å²) in [5.74, 6) is -1.21. The van der Waals surface area contributed by atoms with E-state index in [9.17, 15) is 22.8 Å². The minimum absolute atomic E-state index is 0.00919. The fraction of sp³-hybridized carbons (Fsp3) is 0.211. The number of halogens is 3. The Hall–Kier alpha value is -3.34. The van der Waals surface area contributed by atoms with Crippen LogP contribution in [0.2, 0.25) is 0 Å². The molecule has 156 valence electrons. The summed E-state index contributed by atoms with van der Waals surface area (Å²) in [7, 11) is 0. The SMILES string of the molecule is CC(C)c1cccc(NC(=O)c2nnsc2NC(=O)c2cncc(C(F)(F)F)c2)c1. The fourth-order valence-electron chi connectivity index (χ4n) is 2.48. The van der Waals surface area contributed by atoms with Crippen LogP contribution in [0.3, 0.4) is 0 Å². The van der Waals surface area contributed by atoms with E-state index in [2.05, 4.69) is 25.2 Å². The van der Waals surface area contributed by atoms with Gasteiger partial charge in [-0.1, -0.05) is 30.5 Å². The molecule has 3 aromatic rings. The average Bonchev–Trinajstić information content (AvgIpc) is 3.16. The van der Waals surface area contributed by atoms with Gasteiger partial charge in [-0.3, -0.25) is 14.6 Å². The van der Waals surface area contributed by atoms with E-state index in [1.54, 1.807) is 12.1 Å². The van der Waals surface area contributed by atoms with Gasteiger partial charge in [-0.15, -0.1) is 5.10 Å². The van der Waals surface area contributed by atoms with Crippen molar-refractivity contribution in [2.75, 3.05) is 10.6 Å². The molecular formula is C19H16F3N5O2S. The zero-order chi connectivity index (χ0) is 21.9. The predicted molar refractivity (Wildman–Crippen MR) is 106 cm³/mol. The molecule has 2 heterocycles. The van der Waals surface area contributed by atoms with Crippen LogP contribution in [0.4, 0.5) is 23.9 Å². The van der Waals surface area contributed by atoms with Crippen molar-refractivity contribution in [1.29, 1.82) is 0 Å². The number of pyridine rings is 1. The fourth-order valence-corrected chi connectivity index (χ4v) is 3.04. The summed E-state index contributed by atoms with van der Waals surface area (Å²) in [5.41, 5.74) is 0.0476. The van der Waals surface area contributed by atoms with E-state index in [0.29, 0.717) is 18.0 Å². The molecule has 2 amide bonds. The number of nitrogens with one attached hydrogen (secondary N) is 2. The molecule has 0 aliphatic heterocycles. The minimum atomic E-state index is -4.63. The maximum absolute atomic E-state index is 12.8. The summed E-state index contributed by atoms with van der Waals surface area (Å²) >= 11 is 0.733. The number of alkyl halides is 3. The van der Waals surface area contributed by atoms with E-state index >= 15 is 0 Å². The number of nitrogens with zero attached hydrogens (tertiary/aromatic N) is 3. The van der Waals surface area contributed by atoms with Crippen molar-refractivity contribution in [2.24, 2.45) is 0 Å². The Morgan fingerprint density at radius 2 is 1.83 bits per heavy atom. The van der Waals surface area contributed by atoms with Gasteiger partial charge in [0, 0.05) is 29.6 Å². The smallest absolute Gasteiger partial charge is 0.320 e. The van der Waals surface area contributed by atoms with Crippen molar-refractivity contribution >= 4 is 34.0 Å². The monoisotopic (exact) mass is 435 g/mol. The Bertz CT molecular complexity index is 1080. The quantitative estimate of drug-likeness (QED) is 0.612. The molecule has 30 heavy (non-hydrogen) atoms. The summed E-state index contributed by atoms with van der Waals surface area (Å²) in [6, 6.07) is 7.92. The number of carbonyl (C=O) groups excluding carboxylic acids is 2. The summed E-state index contributed by atoms with van der Waals surface area (Å²) < 4.78 is 42.1. The highest BCUT2D eigenvalue weighted by Crippen LogP contribution is 2.29. The van der Waals surface area contributed by atoms with E-state index in [1.165, 1.54) is 0 Å². The van der Waals surface area contributed by atoms with Gasteiger partial charge >= 0.3 is 6.18 Å². The number of amides is 2. The van der Waals surface area contributed by atoms with Gasteiger partial charge < -0.3 is 10.6 Å². The number of hydrogen-bond donors (Lipinski definition) is 2. The van der Waals surface area contributed by atoms with E-state index in [0.717, 1.165) is 23.3 Å². The van der Waals surface area contributed by atoms with Gasteiger partial charge in [0.1, 0.15) is 5.00 Å². The van der Waals surface area contributed by atoms with Gasteiger partial charge in [-0.2, -0.15) is 13.2 Å². The maximum atomic E-state index is 12.8. The molecule has 0 bridgehead atoms. The Morgan fingerprint density at radius 3 is 2.53 bits per heavy atom. The summed E-state index contributed by atoms with van der Waals surface area (Å²) in [5, 5.41) is 8.77. The van der Waals surface area contributed by atoms with Gasteiger partial charge in [0.25, 0.3) is 11.8 Å². The molecule has 3 rings (SSSR count). The molecule has 7 nitrogen and oxygen atoms in total. The van der Waals surface area contributed by atoms with Crippen LogP contribution >= 0.6 is 11.5 Å². The van der Waals surface area contributed by atoms with Crippen molar-refractivity contribution < 1.29 is 22.8 Å². The highest BCUT2D eigenvalue weighted by molar-refractivity contribution is 7.10. The molecule has 0 saturated heterocycles. The molecule has 0 fully saturated rings. The Kier molecular flexibility index (Phi) is 6.11. The second-order valence-corrected chi connectivity index (χ2v) is 7.35. The van der Waals surface area contributed by atoms with E-state index in [1.807, 2.05) is 26.0 Å². The van der Waals surface area contributed by atoms with Crippen molar-refractivity contribution in [3.63, 3.8) is 0 Å². The summed E-state index contributed by atoms with van der Waals surface area (Å²) in [6.07, 6.45) is -3.02. The number of hydrogen-bond acceptors (Lipinski definition) is 6. The third-order valence-electron chi connectivity index (χ3n) is 4.07. The standard InChI is InChI=1S/C19H16F3N5O2S/c1-10(2)11-4-3-5-14(7-11)24-17(29)15-18(30-27-26-15)25-16(28)12-6-13(9-23-8-12)19(20,21)22/h3-10H,1-2H3,(H,24,29)(H,25,28). The highest BCUT2D eigenvalue weighted by Gasteiger charge is 2.31. The molecule has 1 aromatic carbocycles. The lowest BCUT2D eigenvalue weighted by Gasteiger charge is -2.10. The average molecular weight is 435 g/mol. The third kappa shape index (κ3) is 4.98. The second kappa shape index (κ2) is 8.57. The third-order valence-corrected chi connectivity index (χ3v) is 4.71. The van der Waals surface area contributed by atoms with Crippen LogP contribution in [-0.4, -0.2) is 26.4 Å². The van der Waals surface area contributed by atoms with Gasteiger partial charge in [0.05, 0.1) is 11.1 Å². The molecule has 0 unspecified atom stereocenters. The molecule has 0 spiro atoms. The topological polar surface area (TPSA) is 96.9 Å². The Balaban J connectivity index is 1.76. The van der Waals surface area contributed by atoms with Crippen molar-refractivity contribution in [3.05, 3.63) is 65.1 Å². The largest absolute Gasteiger partial charge is 0.417 e. The van der Waals surface area contributed by atoms with E-state index in [-0.39, 0.29) is 22.2 Å². The number of anilines is 2. The van der Waals surface area contributed by atoms with Crippen LogP contribution in [0.15, 0.2) is 42.7 Å². The minimum Gasteiger partial charge on any atom is -0.320 e.